The summed E-state index contributed by atoms with van der Waals surface area (Å²) in [5, 5.41) is 20.4. The molecule has 0 unspecified atom stereocenters. The third kappa shape index (κ3) is 3.14. The molecule has 2 aromatic carbocycles. The first kappa shape index (κ1) is 17.1. The first-order valence-electron chi connectivity index (χ1n) is 7.54. The molecule has 1 radical (unpaired) electrons. The van der Waals surface area contributed by atoms with E-state index >= 15 is 0 Å². The van der Waals surface area contributed by atoms with E-state index in [1.54, 1.807) is 26.5 Å². The Labute approximate surface area is 152 Å². The molecule has 125 valence electrons. The van der Waals surface area contributed by atoms with E-state index in [1.807, 2.05) is 31.2 Å². The Hall–Kier alpha value is -2.70. The molecule has 3 aromatic rings. The van der Waals surface area contributed by atoms with Gasteiger partial charge < -0.3 is 0 Å². The Bertz CT molecular complexity index is 996. The van der Waals surface area contributed by atoms with Gasteiger partial charge in [-0.05, 0) is 0 Å². The second-order valence-corrected chi connectivity index (χ2v) is 7.81. The standard InChI is InChI=1S/C19H16AsN2O3/c1-11-14(5-4-6-16(11)23)20-19-12(9-21)10-22-15-8-18(25-3)17(24-2)7-13(15)19/h4-8,10,23H,1-3H3. The third-order valence-electron chi connectivity index (χ3n) is 3.97. The van der Waals surface area contributed by atoms with Gasteiger partial charge in [0.15, 0.2) is 0 Å². The number of pyridine rings is 1. The van der Waals surface area contributed by atoms with Gasteiger partial charge in [-0.3, -0.25) is 0 Å². The zero-order valence-corrected chi connectivity index (χ0v) is 15.9. The molecule has 3 rings (SSSR count). The molecule has 0 bridgehead atoms. The molecular formula is C19H16AsN2O3. The summed E-state index contributed by atoms with van der Waals surface area (Å²) in [5.74, 6) is 1.47. The molecule has 0 aliphatic carbocycles. The Morgan fingerprint density at radius 3 is 2.56 bits per heavy atom. The molecule has 0 amide bonds. The van der Waals surface area contributed by atoms with E-state index in [2.05, 4.69) is 11.1 Å². The summed E-state index contributed by atoms with van der Waals surface area (Å²) in [6, 6.07) is 11.4. The van der Waals surface area contributed by atoms with Crippen molar-refractivity contribution < 1.29 is 14.6 Å². The molecule has 1 N–H and O–H groups in total. The van der Waals surface area contributed by atoms with Crippen LogP contribution in [0, 0.1) is 18.3 Å². The minimum absolute atomic E-state index is 0.268. The Morgan fingerprint density at radius 2 is 1.88 bits per heavy atom. The van der Waals surface area contributed by atoms with E-state index in [4.69, 9.17) is 9.47 Å². The number of fused-ring (bicyclic) bond motifs is 1. The van der Waals surface area contributed by atoms with Crippen molar-refractivity contribution in [3.8, 4) is 23.3 Å². The van der Waals surface area contributed by atoms with Crippen molar-refractivity contribution in [1.82, 2.24) is 4.98 Å². The first-order chi connectivity index (χ1) is 12.1. The van der Waals surface area contributed by atoms with Gasteiger partial charge in [-0.1, -0.05) is 0 Å². The summed E-state index contributed by atoms with van der Waals surface area (Å²) in [7, 11) is 3.16. The van der Waals surface area contributed by atoms with Crippen molar-refractivity contribution in [2.45, 2.75) is 6.92 Å². The molecular weight excluding hydrogens is 379 g/mol. The van der Waals surface area contributed by atoms with E-state index in [9.17, 15) is 10.4 Å². The molecule has 6 heteroatoms. The van der Waals surface area contributed by atoms with E-state index in [1.165, 1.54) is 0 Å². The van der Waals surface area contributed by atoms with Gasteiger partial charge >= 0.3 is 152 Å². The van der Waals surface area contributed by atoms with E-state index in [0.29, 0.717) is 17.1 Å². The van der Waals surface area contributed by atoms with Crippen LogP contribution in [-0.4, -0.2) is 40.1 Å². The molecule has 0 fully saturated rings. The number of aromatic nitrogens is 1. The Morgan fingerprint density at radius 1 is 1.16 bits per heavy atom. The van der Waals surface area contributed by atoms with Crippen LogP contribution in [0.2, 0.25) is 0 Å². The maximum atomic E-state index is 9.97. The molecule has 1 aromatic heterocycles. The number of methoxy groups -OCH3 is 2. The monoisotopic (exact) mass is 395 g/mol. The predicted molar refractivity (Wildman–Crippen MR) is 97.4 cm³/mol. The van der Waals surface area contributed by atoms with Crippen molar-refractivity contribution in [2.24, 2.45) is 0 Å². The van der Waals surface area contributed by atoms with Gasteiger partial charge in [0.1, 0.15) is 0 Å². The second kappa shape index (κ2) is 7.04. The topological polar surface area (TPSA) is 75.4 Å². The SMILES string of the molecule is COc1cc2ncc(C#N)c([As]c3cccc(O)c3C)c2cc1OC. The van der Waals surface area contributed by atoms with Crippen LogP contribution in [-0.2, 0) is 0 Å². The van der Waals surface area contributed by atoms with Gasteiger partial charge in [-0.15, -0.1) is 0 Å². The number of hydrogen-bond acceptors (Lipinski definition) is 5. The number of phenolic OH excluding ortho intramolecular Hbond substituents is 1. The van der Waals surface area contributed by atoms with Gasteiger partial charge in [0, 0.05) is 0 Å². The molecule has 1 heterocycles. The number of phenols is 1. The van der Waals surface area contributed by atoms with Crippen molar-refractivity contribution in [3.63, 3.8) is 0 Å². The second-order valence-electron chi connectivity index (χ2n) is 5.39. The summed E-state index contributed by atoms with van der Waals surface area (Å²) in [6.07, 6.45) is 1.59. The van der Waals surface area contributed by atoms with Crippen LogP contribution in [0.5, 0.6) is 17.2 Å². The quantitative estimate of drug-likeness (QED) is 0.682. The number of ether oxygens (including phenoxy) is 2. The average molecular weight is 395 g/mol. The van der Waals surface area contributed by atoms with Crippen LogP contribution in [0.1, 0.15) is 11.1 Å². The molecule has 0 spiro atoms. The van der Waals surface area contributed by atoms with Crippen molar-refractivity contribution in [1.29, 1.82) is 5.26 Å². The van der Waals surface area contributed by atoms with Crippen molar-refractivity contribution >= 4 is 35.4 Å². The zero-order chi connectivity index (χ0) is 18.0. The fourth-order valence-electron chi connectivity index (χ4n) is 2.56. The fourth-order valence-corrected chi connectivity index (χ4v) is 5.10. The van der Waals surface area contributed by atoms with Crippen LogP contribution in [0.4, 0.5) is 0 Å². The van der Waals surface area contributed by atoms with Gasteiger partial charge in [0.2, 0.25) is 0 Å². The molecule has 0 saturated carbocycles. The molecule has 0 aliphatic heterocycles. The number of aromatic hydroxyl groups is 1. The van der Waals surface area contributed by atoms with Crippen LogP contribution in [0.3, 0.4) is 0 Å². The predicted octanol–water partition coefficient (Wildman–Crippen LogP) is 1.79. The minimum atomic E-state index is -0.514. The molecule has 25 heavy (non-hydrogen) atoms. The fraction of sp³-hybridized carbons (Fsp3) is 0.158. The molecule has 0 saturated heterocycles. The molecule has 0 atom stereocenters. The summed E-state index contributed by atoms with van der Waals surface area (Å²) in [6.45, 7) is 1.89. The number of hydrogen-bond donors (Lipinski definition) is 1. The number of benzene rings is 2. The molecule has 5 nitrogen and oxygen atoms in total. The van der Waals surface area contributed by atoms with Crippen LogP contribution >= 0.6 is 0 Å². The van der Waals surface area contributed by atoms with Gasteiger partial charge in [-0.25, -0.2) is 0 Å². The normalized spacial score (nSPS) is 11.0. The van der Waals surface area contributed by atoms with Gasteiger partial charge in [0.25, 0.3) is 0 Å². The number of rotatable bonds is 4. The van der Waals surface area contributed by atoms with Crippen molar-refractivity contribution in [3.05, 3.63) is 47.7 Å². The van der Waals surface area contributed by atoms with Crippen LogP contribution < -0.4 is 18.2 Å². The summed E-state index contributed by atoms with van der Waals surface area (Å²) in [4.78, 5) is 4.39. The van der Waals surface area contributed by atoms with Crippen LogP contribution in [0.25, 0.3) is 10.9 Å². The van der Waals surface area contributed by atoms with Gasteiger partial charge in [0.05, 0.1) is 0 Å². The van der Waals surface area contributed by atoms with E-state index in [-0.39, 0.29) is 5.75 Å². The Balaban J connectivity index is 2.24. The first-order valence-corrected chi connectivity index (χ1v) is 9.41. The summed E-state index contributed by atoms with van der Waals surface area (Å²) < 4.78 is 12.7. The number of nitrogens with zero attached hydrogens (tertiary/aromatic N) is 2. The summed E-state index contributed by atoms with van der Waals surface area (Å²) in [5.41, 5.74) is 2.14. The van der Waals surface area contributed by atoms with E-state index in [0.717, 1.165) is 25.2 Å². The average Bonchev–Trinajstić information content (AvgIpc) is 2.64. The van der Waals surface area contributed by atoms with E-state index < -0.39 is 15.8 Å². The maximum absolute atomic E-state index is 9.97. The molecule has 0 aliphatic rings. The number of nitriles is 1. The van der Waals surface area contributed by atoms with Gasteiger partial charge in [-0.2, -0.15) is 0 Å². The van der Waals surface area contributed by atoms with Crippen molar-refractivity contribution in [2.75, 3.05) is 14.2 Å². The third-order valence-corrected chi connectivity index (χ3v) is 6.98. The Kier molecular flexibility index (Phi) is 4.83. The zero-order valence-electron chi connectivity index (χ0n) is 14.1. The van der Waals surface area contributed by atoms with Crippen LogP contribution in [0.15, 0.2) is 36.5 Å². The summed E-state index contributed by atoms with van der Waals surface area (Å²) >= 11 is -0.514.